The van der Waals surface area contributed by atoms with E-state index in [1.165, 1.54) is 18.3 Å². The molecule has 2 unspecified atom stereocenters. The molecule has 0 aliphatic carbocycles. The Kier molecular flexibility index (Phi) is 8.08. The normalized spacial score (nSPS) is 12.7. The Morgan fingerprint density at radius 2 is 2.29 bits per heavy atom. The van der Waals surface area contributed by atoms with Crippen LogP contribution in [0.4, 0.5) is 4.39 Å². The van der Waals surface area contributed by atoms with Gasteiger partial charge in [-0.3, -0.25) is 9.78 Å². The Morgan fingerprint density at radius 1 is 1.54 bits per heavy atom. The summed E-state index contributed by atoms with van der Waals surface area (Å²) in [6.45, 7) is 3.35. The summed E-state index contributed by atoms with van der Waals surface area (Å²) in [6.07, 6.45) is 3.08. The van der Waals surface area contributed by atoms with Gasteiger partial charge in [0.15, 0.2) is 6.04 Å². The fraction of sp³-hybridized carbons (Fsp3) is 0.375. The number of amides is 1. The number of halogens is 1. The minimum Gasteiger partial charge on any atom is -0.480 e. The average molecular weight is 335 g/mol. The van der Waals surface area contributed by atoms with Crippen molar-refractivity contribution in [2.24, 2.45) is 0 Å². The Balaban J connectivity index is 2.76. The van der Waals surface area contributed by atoms with Gasteiger partial charge in [0.2, 0.25) is 5.91 Å². The maximum Gasteiger partial charge on any atom is 0.328 e. The summed E-state index contributed by atoms with van der Waals surface area (Å²) >= 11 is 0. The zero-order valence-corrected chi connectivity index (χ0v) is 12.9. The minimum absolute atomic E-state index is 0.0837. The standard InChI is InChI=1S/C16H18FN3O4/c1-2-3-4-14(21)20-15(16(22)23)13(5-6-18)24-10-11-7-12(17)9-19-8-11/h2,7-9,13,15H,1,3-5,10H2,(H,20,21)(H,22,23). The third-order valence-corrected chi connectivity index (χ3v) is 3.05. The van der Waals surface area contributed by atoms with Gasteiger partial charge in [0.1, 0.15) is 11.9 Å². The smallest absolute Gasteiger partial charge is 0.328 e. The van der Waals surface area contributed by atoms with Crippen LogP contribution in [-0.4, -0.2) is 34.1 Å². The van der Waals surface area contributed by atoms with Crippen molar-refractivity contribution in [1.29, 1.82) is 5.26 Å². The van der Waals surface area contributed by atoms with E-state index in [1.807, 2.05) is 6.07 Å². The number of nitrogens with zero attached hydrogens (tertiary/aromatic N) is 2. The Morgan fingerprint density at radius 3 is 2.88 bits per heavy atom. The zero-order chi connectivity index (χ0) is 17.9. The Hall–Kier alpha value is -2.79. The molecule has 0 aromatic carbocycles. The molecule has 1 aromatic heterocycles. The number of hydrogen-bond donors (Lipinski definition) is 2. The molecule has 1 aromatic rings. The van der Waals surface area contributed by atoms with Crippen molar-refractivity contribution in [2.45, 2.75) is 38.0 Å². The molecule has 8 heteroatoms. The summed E-state index contributed by atoms with van der Waals surface area (Å²) in [5.74, 6) is -2.36. The lowest BCUT2D eigenvalue weighted by Gasteiger charge is -2.23. The molecule has 7 nitrogen and oxygen atoms in total. The summed E-state index contributed by atoms with van der Waals surface area (Å²) in [4.78, 5) is 26.8. The monoisotopic (exact) mass is 335 g/mol. The van der Waals surface area contributed by atoms with Crippen LogP contribution in [0.2, 0.25) is 0 Å². The SMILES string of the molecule is C=CCCC(=O)NC(C(=O)O)C(CC#N)OCc1cncc(F)c1. The summed E-state index contributed by atoms with van der Waals surface area (Å²) in [5, 5.41) is 20.5. The van der Waals surface area contributed by atoms with E-state index in [4.69, 9.17) is 10.00 Å². The maximum absolute atomic E-state index is 13.1. The van der Waals surface area contributed by atoms with Gasteiger partial charge >= 0.3 is 5.97 Å². The van der Waals surface area contributed by atoms with Gasteiger partial charge in [-0.1, -0.05) is 6.08 Å². The van der Waals surface area contributed by atoms with Crippen molar-refractivity contribution in [3.8, 4) is 6.07 Å². The van der Waals surface area contributed by atoms with Crippen LogP contribution in [0, 0.1) is 17.1 Å². The molecule has 0 saturated carbocycles. The number of nitriles is 1. The van der Waals surface area contributed by atoms with Crippen LogP contribution in [-0.2, 0) is 20.9 Å². The van der Waals surface area contributed by atoms with E-state index in [9.17, 15) is 19.1 Å². The fourth-order valence-corrected chi connectivity index (χ4v) is 1.89. The second kappa shape index (κ2) is 10.1. The lowest BCUT2D eigenvalue weighted by atomic mass is 10.1. The van der Waals surface area contributed by atoms with Crippen LogP contribution in [0.5, 0.6) is 0 Å². The number of aromatic nitrogens is 1. The minimum atomic E-state index is -1.39. The van der Waals surface area contributed by atoms with Gasteiger partial charge in [0, 0.05) is 12.6 Å². The topological polar surface area (TPSA) is 112 Å². The van der Waals surface area contributed by atoms with Crippen molar-refractivity contribution in [1.82, 2.24) is 10.3 Å². The second-order valence-electron chi connectivity index (χ2n) is 4.93. The lowest BCUT2D eigenvalue weighted by molar-refractivity contribution is -0.147. The largest absolute Gasteiger partial charge is 0.480 e. The molecule has 2 N–H and O–H groups in total. The van der Waals surface area contributed by atoms with Crippen molar-refractivity contribution < 1.29 is 23.8 Å². The highest BCUT2D eigenvalue weighted by atomic mass is 19.1. The molecule has 1 amide bonds. The maximum atomic E-state index is 13.1. The van der Waals surface area contributed by atoms with Crippen LogP contribution < -0.4 is 5.32 Å². The van der Waals surface area contributed by atoms with E-state index >= 15 is 0 Å². The predicted molar refractivity (Wildman–Crippen MR) is 82.0 cm³/mol. The lowest BCUT2D eigenvalue weighted by Crippen LogP contribution is -2.49. The predicted octanol–water partition coefficient (Wildman–Crippen LogP) is 1.56. The zero-order valence-electron chi connectivity index (χ0n) is 12.9. The molecule has 1 rings (SSSR count). The van der Waals surface area contributed by atoms with Gasteiger partial charge < -0.3 is 15.2 Å². The molecule has 0 spiro atoms. The first-order valence-corrected chi connectivity index (χ1v) is 7.19. The molecule has 0 aliphatic rings. The molecule has 0 saturated heterocycles. The van der Waals surface area contributed by atoms with Crippen molar-refractivity contribution in [3.05, 3.63) is 42.5 Å². The summed E-state index contributed by atoms with van der Waals surface area (Å²) in [7, 11) is 0. The number of pyridine rings is 1. The van der Waals surface area contributed by atoms with E-state index in [0.717, 1.165) is 6.20 Å². The van der Waals surface area contributed by atoms with Crippen LogP contribution in [0.25, 0.3) is 0 Å². The highest BCUT2D eigenvalue weighted by Gasteiger charge is 2.30. The third-order valence-electron chi connectivity index (χ3n) is 3.05. The van der Waals surface area contributed by atoms with Crippen LogP contribution in [0.1, 0.15) is 24.8 Å². The van der Waals surface area contributed by atoms with Gasteiger partial charge in [-0.05, 0) is 18.1 Å². The molecule has 24 heavy (non-hydrogen) atoms. The number of nitrogens with one attached hydrogen (secondary N) is 1. The number of rotatable bonds is 10. The van der Waals surface area contributed by atoms with Crippen LogP contribution >= 0.6 is 0 Å². The van der Waals surface area contributed by atoms with E-state index in [2.05, 4.69) is 16.9 Å². The van der Waals surface area contributed by atoms with Gasteiger partial charge in [-0.15, -0.1) is 6.58 Å². The van der Waals surface area contributed by atoms with E-state index in [-0.39, 0.29) is 19.4 Å². The van der Waals surface area contributed by atoms with Gasteiger partial charge in [0.25, 0.3) is 0 Å². The van der Waals surface area contributed by atoms with Crippen molar-refractivity contribution in [3.63, 3.8) is 0 Å². The molecule has 0 radical (unpaired) electrons. The molecular formula is C16H18FN3O4. The number of allylic oxidation sites excluding steroid dienone is 1. The highest BCUT2D eigenvalue weighted by molar-refractivity contribution is 5.84. The molecule has 128 valence electrons. The first kappa shape index (κ1) is 19.3. The van der Waals surface area contributed by atoms with E-state index in [1.54, 1.807) is 0 Å². The number of ether oxygens (including phenoxy) is 1. The Labute approximate surface area is 138 Å². The molecule has 0 aliphatic heterocycles. The summed E-state index contributed by atoms with van der Waals surface area (Å²) in [5.41, 5.74) is 0.389. The van der Waals surface area contributed by atoms with Crippen molar-refractivity contribution >= 4 is 11.9 Å². The summed E-state index contributed by atoms with van der Waals surface area (Å²) < 4.78 is 18.5. The average Bonchev–Trinajstić information content (AvgIpc) is 2.54. The number of aliphatic carboxylic acids is 1. The summed E-state index contributed by atoms with van der Waals surface area (Å²) in [6, 6.07) is 1.63. The molecule has 0 fully saturated rings. The Bertz CT molecular complexity index is 630. The number of hydrogen-bond acceptors (Lipinski definition) is 5. The number of carboxylic acids is 1. The van der Waals surface area contributed by atoms with Gasteiger partial charge in [-0.2, -0.15) is 5.26 Å². The third kappa shape index (κ3) is 6.54. The fourth-order valence-electron chi connectivity index (χ4n) is 1.89. The number of carbonyl (C=O) groups excluding carboxylic acids is 1. The van der Waals surface area contributed by atoms with Crippen molar-refractivity contribution in [2.75, 3.05) is 0 Å². The molecule has 2 atom stereocenters. The first-order valence-electron chi connectivity index (χ1n) is 7.19. The first-order chi connectivity index (χ1) is 11.5. The quantitative estimate of drug-likeness (QED) is 0.627. The molecular weight excluding hydrogens is 317 g/mol. The molecule has 1 heterocycles. The second-order valence-corrected chi connectivity index (χ2v) is 4.93. The van der Waals surface area contributed by atoms with Crippen LogP contribution in [0.3, 0.4) is 0 Å². The number of carbonyl (C=O) groups is 2. The van der Waals surface area contributed by atoms with E-state index in [0.29, 0.717) is 12.0 Å². The highest BCUT2D eigenvalue weighted by Crippen LogP contribution is 2.11. The van der Waals surface area contributed by atoms with Crippen LogP contribution in [0.15, 0.2) is 31.1 Å². The van der Waals surface area contributed by atoms with Gasteiger partial charge in [0.05, 0.1) is 25.3 Å². The number of carboxylic acid groups (broad SMARTS) is 1. The van der Waals surface area contributed by atoms with E-state index < -0.39 is 29.8 Å². The molecule has 0 bridgehead atoms. The van der Waals surface area contributed by atoms with Gasteiger partial charge in [-0.25, -0.2) is 9.18 Å².